The molecule has 0 fully saturated rings. The van der Waals surface area contributed by atoms with E-state index in [2.05, 4.69) is 16.9 Å². The second-order valence-electron chi connectivity index (χ2n) is 5.96. The lowest BCUT2D eigenvalue weighted by molar-refractivity contribution is -0.274. The molecule has 0 atom stereocenters. The SMILES string of the molecule is Cc1cccc([S+](c2cccc(C)c2)c2cccc(OC(F)(F)F)c2)c1. The first-order valence-corrected chi connectivity index (χ1v) is 9.28. The van der Waals surface area contributed by atoms with E-state index >= 15 is 0 Å². The van der Waals surface area contributed by atoms with Crippen LogP contribution in [0.15, 0.2) is 87.5 Å². The van der Waals surface area contributed by atoms with E-state index in [-0.39, 0.29) is 5.75 Å². The van der Waals surface area contributed by atoms with Crippen LogP contribution < -0.4 is 4.74 Å². The van der Waals surface area contributed by atoms with Crippen LogP contribution in [0.1, 0.15) is 11.1 Å². The number of benzene rings is 3. The number of hydrogen-bond acceptors (Lipinski definition) is 1. The fraction of sp³-hybridized carbons (Fsp3) is 0.143. The van der Waals surface area contributed by atoms with Gasteiger partial charge in [0.15, 0.2) is 14.7 Å². The highest BCUT2D eigenvalue weighted by Gasteiger charge is 2.33. The minimum atomic E-state index is -4.70. The Kier molecular flexibility index (Phi) is 5.28. The second-order valence-corrected chi connectivity index (χ2v) is 7.99. The maximum atomic E-state index is 12.6. The van der Waals surface area contributed by atoms with Gasteiger partial charge in [-0.1, -0.05) is 30.3 Å². The molecular weight excluding hydrogens is 357 g/mol. The average molecular weight is 375 g/mol. The van der Waals surface area contributed by atoms with E-state index in [0.717, 1.165) is 25.8 Å². The van der Waals surface area contributed by atoms with Gasteiger partial charge < -0.3 is 4.74 Å². The zero-order valence-electron chi connectivity index (χ0n) is 14.4. The van der Waals surface area contributed by atoms with E-state index in [1.54, 1.807) is 6.07 Å². The topological polar surface area (TPSA) is 9.23 Å². The lowest BCUT2D eigenvalue weighted by Gasteiger charge is -2.12. The monoisotopic (exact) mass is 375 g/mol. The van der Waals surface area contributed by atoms with Crippen molar-refractivity contribution in [2.24, 2.45) is 0 Å². The van der Waals surface area contributed by atoms with Crippen molar-refractivity contribution in [3.63, 3.8) is 0 Å². The van der Waals surface area contributed by atoms with Crippen LogP contribution in [0.5, 0.6) is 5.75 Å². The highest BCUT2D eigenvalue weighted by Crippen LogP contribution is 2.34. The molecule has 0 amide bonds. The summed E-state index contributed by atoms with van der Waals surface area (Å²) in [6.45, 7) is 4.01. The molecule has 0 unspecified atom stereocenters. The van der Waals surface area contributed by atoms with Gasteiger partial charge in [0.05, 0.1) is 10.9 Å². The summed E-state index contributed by atoms with van der Waals surface area (Å²) in [5.74, 6) is -0.201. The predicted octanol–water partition coefficient (Wildman–Crippen LogP) is 6.30. The van der Waals surface area contributed by atoms with Crippen molar-refractivity contribution in [1.82, 2.24) is 0 Å². The van der Waals surface area contributed by atoms with E-state index in [1.807, 2.05) is 56.3 Å². The molecule has 5 heteroatoms. The van der Waals surface area contributed by atoms with E-state index < -0.39 is 17.3 Å². The van der Waals surface area contributed by atoms with E-state index in [1.165, 1.54) is 12.1 Å². The molecule has 0 heterocycles. The van der Waals surface area contributed by atoms with Gasteiger partial charge >= 0.3 is 6.36 Å². The molecular formula is C21H18F3OS+. The molecule has 3 aromatic carbocycles. The minimum Gasteiger partial charge on any atom is -0.406 e. The summed E-state index contributed by atoms with van der Waals surface area (Å²) >= 11 is 0. The van der Waals surface area contributed by atoms with Crippen LogP contribution in [0, 0.1) is 13.8 Å². The number of aryl methyl sites for hydroxylation is 2. The van der Waals surface area contributed by atoms with Crippen molar-refractivity contribution in [3.05, 3.63) is 83.9 Å². The normalized spacial score (nSPS) is 11.6. The summed E-state index contributed by atoms with van der Waals surface area (Å²) in [7, 11) is -0.521. The standard InChI is InChI=1S/C21H18F3OS/c1-15-6-3-9-18(12-15)26(19-10-4-7-16(2)13-19)20-11-5-8-17(14-20)25-21(22,23)24/h3-14H,1-2H3/q+1. The number of rotatable bonds is 4. The zero-order chi connectivity index (χ0) is 18.7. The van der Waals surface area contributed by atoms with Crippen molar-refractivity contribution in [2.45, 2.75) is 34.9 Å². The van der Waals surface area contributed by atoms with Gasteiger partial charge in [-0.05, 0) is 61.4 Å². The predicted molar refractivity (Wildman–Crippen MR) is 97.6 cm³/mol. The van der Waals surface area contributed by atoms with Gasteiger partial charge in [-0.3, -0.25) is 0 Å². The molecule has 0 aliphatic rings. The van der Waals surface area contributed by atoms with Gasteiger partial charge in [0, 0.05) is 6.07 Å². The molecule has 0 bridgehead atoms. The van der Waals surface area contributed by atoms with E-state index in [4.69, 9.17) is 0 Å². The van der Waals surface area contributed by atoms with Gasteiger partial charge in [0.25, 0.3) is 0 Å². The molecule has 0 aromatic heterocycles. The van der Waals surface area contributed by atoms with Crippen molar-refractivity contribution in [2.75, 3.05) is 0 Å². The summed E-state index contributed by atoms with van der Waals surface area (Å²) < 4.78 is 41.9. The molecule has 0 aliphatic heterocycles. The molecule has 3 rings (SSSR count). The minimum absolute atomic E-state index is 0.201. The van der Waals surface area contributed by atoms with Crippen LogP contribution in [-0.4, -0.2) is 6.36 Å². The Labute approximate surface area is 153 Å². The fourth-order valence-electron chi connectivity index (χ4n) is 2.69. The first-order valence-electron chi connectivity index (χ1n) is 8.05. The Hall–Kier alpha value is -2.40. The number of halogens is 3. The number of hydrogen-bond donors (Lipinski definition) is 0. The van der Waals surface area contributed by atoms with E-state index in [9.17, 15) is 13.2 Å². The maximum Gasteiger partial charge on any atom is 0.573 e. The lowest BCUT2D eigenvalue weighted by Crippen LogP contribution is -2.17. The Morgan fingerprint density at radius 1 is 0.692 bits per heavy atom. The van der Waals surface area contributed by atoms with Crippen molar-refractivity contribution in [3.8, 4) is 5.75 Å². The fourth-order valence-corrected chi connectivity index (χ4v) is 4.99. The molecule has 0 radical (unpaired) electrons. The Morgan fingerprint density at radius 2 is 1.15 bits per heavy atom. The molecule has 0 spiro atoms. The largest absolute Gasteiger partial charge is 0.573 e. The summed E-state index contributed by atoms with van der Waals surface area (Å²) in [6.07, 6.45) is -4.70. The molecule has 0 N–H and O–H groups in total. The van der Waals surface area contributed by atoms with Gasteiger partial charge in [0.1, 0.15) is 5.75 Å². The van der Waals surface area contributed by atoms with Crippen LogP contribution in [0.3, 0.4) is 0 Å². The van der Waals surface area contributed by atoms with Crippen LogP contribution in [0.4, 0.5) is 13.2 Å². The quantitative estimate of drug-likeness (QED) is 0.487. The van der Waals surface area contributed by atoms with E-state index in [0.29, 0.717) is 0 Å². The molecule has 0 aliphatic carbocycles. The molecule has 0 saturated heterocycles. The third-order valence-corrected chi connectivity index (χ3v) is 5.90. The Bertz CT molecular complexity index is 860. The van der Waals surface area contributed by atoms with Crippen LogP contribution in [-0.2, 0) is 10.9 Å². The molecule has 26 heavy (non-hydrogen) atoms. The number of ether oxygens (including phenoxy) is 1. The first kappa shape index (κ1) is 18.4. The molecule has 134 valence electrons. The lowest BCUT2D eigenvalue weighted by atomic mass is 10.2. The summed E-state index contributed by atoms with van der Waals surface area (Å²) in [6, 6.07) is 22.4. The van der Waals surface area contributed by atoms with Crippen LogP contribution >= 0.6 is 0 Å². The van der Waals surface area contributed by atoms with Gasteiger partial charge in [-0.2, -0.15) is 0 Å². The Balaban J connectivity index is 2.11. The third kappa shape index (κ3) is 4.61. The van der Waals surface area contributed by atoms with Crippen LogP contribution in [0.25, 0.3) is 0 Å². The summed E-state index contributed by atoms with van der Waals surface area (Å²) in [5.41, 5.74) is 2.21. The summed E-state index contributed by atoms with van der Waals surface area (Å²) in [5, 5.41) is 0. The summed E-state index contributed by atoms with van der Waals surface area (Å²) in [4.78, 5) is 2.89. The smallest absolute Gasteiger partial charge is 0.406 e. The van der Waals surface area contributed by atoms with Crippen molar-refractivity contribution >= 4 is 10.9 Å². The third-order valence-electron chi connectivity index (χ3n) is 3.73. The number of alkyl halides is 3. The van der Waals surface area contributed by atoms with Gasteiger partial charge in [-0.25, -0.2) is 0 Å². The highest BCUT2D eigenvalue weighted by atomic mass is 32.2. The zero-order valence-corrected chi connectivity index (χ0v) is 15.2. The second kappa shape index (κ2) is 7.46. The molecule has 0 saturated carbocycles. The first-order chi connectivity index (χ1) is 12.3. The average Bonchev–Trinajstić information content (AvgIpc) is 2.54. The highest BCUT2D eigenvalue weighted by molar-refractivity contribution is 7.97. The molecule has 1 nitrogen and oxygen atoms in total. The Morgan fingerprint density at radius 3 is 1.62 bits per heavy atom. The van der Waals surface area contributed by atoms with Crippen molar-refractivity contribution < 1.29 is 17.9 Å². The van der Waals surface area contributed by atoms with Crippen LogP contribution in [0.2, 0.25) is 0 Å². The van der Waals surface area contributed by atoms with Gasteiger partial charge in [-0.15, -0.1) is 13.2 Å². The van der Waals surface area contributed by atoms with Crippen molar-refractivity contribution in [1.29, 1.82) is 0 Å². The van der Waals surface area contributed by atoms with Gasteiger partial charge in [0.2, 0.25) is 0 Å². The maximum absolute atomic E-state index is 12.6. The molecule has 3 aromatic rings.